The summed E-state index contributed by atoms with van der Waals surface area (Å²) in [6.07, 6.45) is 0. The van der Waals surface area contributed by atoms with Crippen molar-refractivity contribution >= 4 is 33.3 Å². The summed E-state index contributed by atoms with van der Waals surface area (Å²) in [6.45, 7) is 1.58. The summed E-state index contributed by atoms with van der Waals surface area (Å²) in [7, 11) is -4.22. The summed E-state index contributed by atoms with van der Waals surface area (Å²) >= 11 is 5.58. The molecule has 2 aromatic rings. The number of sulfonamides is 1. The fourth-order valence-electron chi connectivity index (χ4n) is 1.75. The van der Waals surface area contributed by atoms with E-state index in [1.54, 1.807) is 6.92 Å². The van der Waals surface area contributed by atoms with Crippen LogP contribution in [0.5, 0.6) is 0 Å². The third-order valence-corrected chi connectivity index (χ3v) is 4.53. The van der Waals surface area contributed by atoms with Gasteiger partial charge in [0.1, 0.15) is 10.7 Å². The van der Waals surface area contributed by atoms with Crippen molar-refractivity contribution in [3.8, 4) is 0 Å². The number of aryl methyl sites for hydroxylation is 1. The van der Waals surface area contributed by atoms with Crippen molar-refractivity contribution in [3.63, 3.8) is 0 Å². The SMILES string of the molecule is Cc1ccc(C(=O)[O-])cc1NS(=O)(=O)c1ccc(Cl)cc1F. The van der Waals surface area contributed by atoms with Gasteiger partial charge < -0.3 is 9.90 Å². The van der Waals surface area contributed by atoms with Gasteiger partial charge in [0.15, 0.2) is 0 Å². The Morgan fingerprint density at radius 2 is 1.91 bits per heavy atom. The molecule has 2 aromatic carbocycles. The lowest BCUT2D eigenvalue weighted by atomic mass is 10.1. The van der Waals surface area contributed by atoms with Crippen LogP contribution in [0.25, 0.3) is 0 Å². The number of benzene rings is 2. The minimum Gasteiger partial charge on any atom is -0.545 e. The quantitative estimate of drug-likeness (QED) is 0.920. The van der Waals surface area contributed by atoms with Crippen LogP contribution in [0.2, 0.25) is 5.02 Å². The summed E-state index contributed by atoms with van der Waals surface area (Å²) in [5.41, 5.74) is 0.305. The molecule has 0 bridgehead atoms. The van der Waals surface area contributed by atoms with E-state index in [0.29, 0.717) is 5.56 Å². The van der Waals surface area contributed by atoms with Crippen molar-refractivity contribution < 1.29 is 22.7 Å². The minimum atomic E-state index is -4.22. The molecule has 0 atom stereocenters. The van der Waals surface area contributed by atoms with Crippen molar-refractivity contribution in [3.05, 3.63) is 58.4 Å². The Morgan fingerprint density at radius 3 is 2.50 bits per heavy atom. The Morgan fingerprint density at radius 1 is 1.23 bits per heavy atom. The van der Waals surface area contributed by atoms with E-state index in [4.69, 9.17) is 11.6 Å². The van der Waals surface area contributed by atoms with E-state index in [0.717, 1.165) is 18.2 Å². The van der Waals surface area contributed by atoms with Gasteiger partial charge in [0, 0.05) is 5.02 Å². The highest BCUT2D eigenvalue weighted by molar-refractivity contribution is 7.92. The lowest BCUT2D eigenvalue weighted by molar-refractivity contribution is -0.255. The molecule has 0 unspecified atom stereocenters. The molecule has 0 saturated carbocycles. The second-order valence-corrected chi connectivity index (χ2v) is 6.58. The minimum absolute atomic E-state index is 0.0241. The van der Waals surface area contributed by atoms with Gasteiger partial charge in [-0.05, 0) is 42.3 Å². The van der Waals surface area contributed by atoms with E-state index in [-0.39, 0.29) is 16.3 Å². The molecular weight excluding hydrogens is 333 g/mol. The number of rotatable bonds is 4. The van der Waals surface area contributed by atoms with Gasteiger partial charge in [-0.1, -0.05) is 23.7 Å². The molecule has 0 spiro atoms. The number of carbonyl (C=O) groups is 1. The molecule has 8 heteroatoms. The first-order chi connectivity index (χ1) is 10.2. The normalized spacial score (nSPS) is 11.2. The molecule has 2 rings (SSSR count). The van der Waals surface area contributed by atoms with Gasteiger partial charge in [-0.25, -0.2) is 12.8 Å². The maximum atomic E-state index is 13.7. The van der Waals surface area contributed by atoms with Gasteiger partial charge in [-0.15, -0.1) is 0 Å². The first-order valence-electron chi connectivity index (χ1n) is 6.00. The largest absolute Gasteiger partial charge is 0.545 e. The number of anilines is 1. The number of halogens is 2. The van der Waals surface area contributed by atoms with Crippen LogP contribution in [0.4, 0.5) is 10.1 Å². The Kier molecular flexibility index (Phi) is 4.39. The first kappa shape index (κ1) is 16.3. The summed E-state index contributed by atoms with van der Waals surface area (Å²) < 4.78 is 40.3. The van der Waals surface area contributed by atoms with E-state index >= 15 is 0 Å². The van der Waals surface area contributed by atoms with Gasteiger partial charge in [0.2, 0.25) is 0 Å². The number of hydrogen-bond donors (Lipinski definition) is 1. The number of carboxylic acid groups (broad SMARTS) is 1. The number of nitrogens with one attached hydrogen (secondary N) is 1. The third kappa shape index (κ3) is 3.37. The van der Waals surface area contributed by atoms with Crippen LogP contribution >= 0.6 is 11.6 Å². The molecule has 116 valence electrons. The smallest absolute Gasteiger partial charge is 0.264 e. The average molecular weight is 343 g/mol. The molecule has 0 heterocycles. The van der Waals surface area contributed by atoms with Gasteiger partial charge in [-0.2, -0.15) is 0 Å². The van der Waals surface area contributed by atoms with Crippen LogP contribution in [-0.4, -0.2) is 14.4 Å². The van der Waals surface area contributed by atoms with Crippen LogP contribution in [0.3, 0.4) is 0 Å². The topological polar surface area (TPSA) is 86.3 Å². The van der Waals surface area contributed by atoms with Crippen molar-refractivity contribution in [2.75, 3.05) is 4.72 Å². The van der Waals surface area contributed by atoms with Gasteiger partial charge >= 0.3 is 0 Å². The Hall–Kier alpha value is -2.12. The summed E-state index contributed by atoms with van der Waals surface area (Å²) in [6, 6.07) is 6.95. The van der Waals surface area contributed by atoms with Gasteiger partial charge in [0.05, 0.1) is 11.7 Å². The van der Waals surface area contributed by atoms with Crippen LogP contribution in [0.1, 0.15) is 15.9 Å². The summed E-state index contributed by atoms with van der Waals surface area (Å²) in [5.74, 6) is -2.45. The summed E-state index contributed by atoms with van der Waals surface area (Å²) in [4.78, 5) is 10.2. The zero-order chi connectivity index (χ0) is 16.5. The molecule has 0 aromatic heterocycles. The van der Waals surface area contributed by atoms with Crippen molar-refractivity contribution in [1.82, 2.24) is 0 Å². The second-order valence-electron chi connectivity index (χ2n) is 4.50. The molecule has 5 nitrogen and oxygen atoms in total. The fourth-order valence-corrected chi connectivity index (χ4v) is 3.09. The van der Waals surface area contributed by atoms with E-state index in [1.165, 1.54) is 18.2 Å². The van der Waals surface area contributed by atoms with E-state index in [2.05, 4.69) is 4.72 Å². The fraction of sp³-hybridized carbons (Fsp3) is 0.0714. The van der Waals surface area contributed by atoms with Crippen LogP contribution in [0.15, 0.2) is 41.3 Å². The maximum Gasteiger partial charge on any atom is 0.264 e. The second kappa shape index (κ2) is 5.94. The molecular formula is C14H10ClFNO4S-. The highest BCUT2D eigenvalue weighted by Gasteiger charge is 2.20. The van der Waals surface area contributed by atoms with E-state index < -0.39 is 26.7 Å². The standard InChI is InChI=1S/C14H11ClFNO4S/c1-8-2-3-9(14(18)19)6-12(8)17-22(20,21)13-5-4-10(15)7-11(13)16/h2-7,17H,1H3,(H,18,19)/p-1. The molecule has 0 aliphatic heterocycles. The van der Waals surface area contributed by atoms with E-state index in [1.807, 2.05) is 0 Å². The number of hydrogen-bond acceptors (Lipinski definition) is 4. The molecule has 0 radical (unpaired) electrons. The lowest BCUT2D eigenvalue weighted by Gasteiger charge is -2.13. The average Bonchev–Trinajstić information content (AvgIpc) is 2.40. The van der Waals surface area contributed by atoms with Crippen LogP contribution < -0.4 is 9.83 Å². The molecule has 0 aliphatic rings. The van der Waals surface area contributed by atoms with E-state index in [9.17, 15) is 22.7 Å². The van der Waals surface area contributed by atoms with Crippen molar-refractivity contribution in [2.24, 2.45) is 0 Å². The predicted molar refractivity (Wildman–Crippen MR) is 77.7 cm³/mol. The predicted octanol–water partition coefficient (Wildman–Crippen LogP) is 1.95. The molecule has 0 fully saturated rings. The number of carboxylic acids is 1. The molecule has 22 heavy (non-hydrogen) atoms. The van der Waals surface area contributed by atoms with Crippen LogP contribution in [0, 0.1) is 12.7 Å². The highest BCUT2D eigenvalue weighted by Crippen LogP contribution is 2.24. The maximum absolute atomic E-state index is 13.7. The number of carbonyl (C=O) groups excluding carboxylic acids is 1. The lowest BCUT2D eigenvalue weighted by Crippen LogP contribution is -2.23. The Bertz CT molecular complexity index is 852. The molecule has 0 amide bonds. The van der Waals surface area contributed by atoms with Crippen molar-refractivity contribution in [1.29, 1.82) is 0 Å². The Labute approximate surface area is 131 Å². The first-order valence-corrected chi connectivity index (χ1v) is 7.86. The monoisotopic (exact) mass is 342 g/mol. The molecule has 0 saturated heterocycles. The van der Waals surface area contributed by atoms with Gasteiger partial charge in [0.25, 0.3) is 10.0 Å². The van der Waals surface area contributed by atoms with Crippen molar-refractivity contribution in [2.45, 2.75) is 11.8 Å². The van der Waals surface area contributed by atoms with Gasteiger partial charge in [-0.3, -0.25) is 4.72 Å². The molecule has 1 N–H and O–H groups in total. The zero-order valence-electron chi connectivity index (χ0n) is 11.3. The third-order valence-electron chi connectivity index (χ3n) is 2.90. The van der Waals surface area contributed by atoms with Crippen LogP contribution in [-0.2, 0) is 10.0 Å². The summed E-state index contributed by atoms with van der Waals surface area (Å²) in [5, 5.41) is 10.9. The number of aromatic carboxylic acids is 1. The zero-order valence-corrected chi connectivity index (χ0v) is 12.8. The molecule has 0 aliphatic carbocycles. The Balaban J connectivity index is 2.45. The highest BCUT2D eigenvalue weighted by atomic mass is 35.5.